The fourth-order valence-electron chi connectivity index (χ4n) is 1.61. The average molecular weight is 209 g/mol. The van der Waals surface area contributed by atoms with Crippen LogP contribution in [-0.4, -0.2) is 15.6 Å². The van der Waals surface area contributed by atoms with Crippen molar-refractivity contribution in [2.24, 2.45) is 5.73 Å². The molecule has 0 radical (unpaired) electrons. The molecule has 3 N–H and O–H groups in total. The predicted octanol–water partition coefficient (Wildman–Crippen LogP) is 0.816. The SMILES string of the molecule is CC(N)Cn1c(=O)[nH]c2cc(F)ccc21. The van der Waals surface area contributed by atoms with Crippen molar-refractivity contribution >= 4 is 11.0 Å². The number of nitrogens with one attached hydrogen (secondary N) is 1. The second-order valence-electron chi connectivity index (χ2n) is 3.68. The Morgan fingerprint density at radius 3 is 3.00 bits per heavy atom. The summed E-state index contributed by atoms with van der Waals surface area (Å²) in [6, 6.07) is 4.08. The number of aromatic nitrogens is 2. The first kappa shape index (κ1) is 9.92. The highest BCUT2D eigenvalue weighted by Crippen LogP contribution is 2.11. The molecule has 0 saturated carbocycles. The van der Waals surface area contributed by atoms with Crippen LogP contribution in [0.1, 0.15) is 6.92 Å². The topological polar surface area (TPSA) is 63.8 Å². The summed E-state index contributed by atoms with van der Waals surface area (Å²) < 4.78 is 14.4. The van der Waals surface area contributed by atoms with Crippen molar-refractivity contribution in [3.63, 3.8) is 0 Å². The van der Waals surface area contributed by atoms with Gasteiger partial charge in [0.25, 0.3) is 0 Å². The van der Waals surface area contributed by atoms with Crippen LogP contribution in [0.15, 0.2) is 23.0 Å². The van der Waals surface area contributed by atoms with Gasteiger partial charge in [-0.1, -0.05) is 0 Å². The third-order valence-corrected chi connectivity index (χ3v) is 2.21. The normalized spacial score (nSPS) is 13.3. The summed E-state index contributed by atoms with van der Waals surface area (Å²) in [5.41, 5.74) is 6.55. The molecule has 0 fully saturated rings. The quantitative estimate of drug-likeness (QED) is 0.769. The zero-order valence-electron chi connectivity index (χ0n) is 8.33. The Kier molecular flexibility index (Phi) is 2.32. The van der Waals surface area contributed by atoms with Crippen LogP contribution in [0, 0.1) is 5.82 Å². The highest BCUT2D eigenvalue weighted by molar-refractivity contribution is 5.75. The first-order valence-electron chi connectivity index (χ1n) is 4.71. The summed E-state index contributed by atoms with van der Waals surface area (Å²) in [4.78, 5) is 14.1. The summed E-state index contributed by atoms with van der Waals surface area (Å²) in [6.45, 7) is 2.24. The van der Waals surface area contributed by atoms with E-state index in [-0.39, 0.29) is 17.5 Å². The van der Waals surface area contributed by atoms with Crippen molar-refractivity contribution in [3.05, 3.63) is 34.5 Å². The minimum atomic E-state index is -0.364. The molecule has 0 spiro atoms. The van der Waals surface area contributed by atoms with Gasteiger partial charge in [-0.15, -0.1) is 0 Å². The molecule has 2 rings (SSSR count). The number of halogens is 1. The summed E-state index contributed by atoms with van der Waals surface area (Å²) >= 11 is 0. The molecule has 0 saturated heterocycles. The fraction of sp³-hybridized carbons (Fsp3) is 0.300. The van der Waals surface area contributed by atoms with Gasteiger partial charge >= 0.3 is 5.69 Å². The molecule has 1 heterocycles. The van der Waals surface area contributed by atoms with Crippen LogP contribution < -0.4 is 11.4 Å². The smallest absolute Gasteiger partial charge is 0.326 e. The maximum absolute atomic E-state index is 12.9. The Hall–Kier alpha value is -1.62. The lowest BCUT2D eigenvalue weighted by Gasteiger charge is -2.05. The Labute approximate surface area is 85.5 Å². The van der Waals surface area contributed by atoms with Crippen LogP contribution in [0.2, 0.25) is 0 Å². The van der Waals surface area contributed by atoms with Crippen molar-refractivity contribution in [1.82, 2.24) is 9.55 Å². The lowest BCUT2D eigenvalue weighted by atomic mass is 10.3. The molecule has 1 unspecified atom stereocenters. The van der Waals surface area contributed by atoms with E-state index in [0.29, 0.717) is 17.6 Å². The van der Waals surface area contributed by atoms with Crippen molar-refractivity contribution in [2.45, 2.75) is 19.5 Å². The average Bonchev–Trinajstić information content (AvgIpc) is 2.41. The number of nitrogens with zero attached hydrogens (tertiary/aromatic N) is 1. The molecule has 0 bridgehead atoms. The van der Waals surface area contributed by atoms with Crippen molar-refractivity contribution < 1.29 is 4.39 Å². The summed E-state index contributed by atoms with van der Waals surface area (Å²) in [5, 5.41) is 0. The molecule has 5 heteroatoms. The lowest BCUT2D eigenvalue weighted by Crippen LogP contribution is -2.28. The second-order valence-corrected chi connectivity index (χ2v) is 3.68. The summed E-state index contributed by atoms with van der Waals surface area (Å²) in [6.07, 6.45) is 0. The van der Waals surface area contributed by atoms with Crippen LogP contribution >= 0.6 is 0 Å². The van der Waals surface area contributed by atoms with Crippen molar-refractivity contribution in [3.8, 4) is 0 Å². The van der Waals surface area contributed by atoms with Crippen molar-refractivity contribution in [2.75, 3.05) is 0 Å². The largest absolute Gasteiger partial charge is 0.326 e. The number of nitrogens with two attached hydrogens (primary N) is 1. The molecular weight excluding hydrogens is 197 g/mol. The van der Waals surface area contributed by atoms with E-state index in [9.17, 15) is 9.18 Å². The number of rotatable bonds is 2. The molecule has 4 nitrogen and oxygen atoms in total. The third-order valence-electron chi connectivity index (χ3n) is 2.21. The third kappa shape index (κ3) is 1.78. The van der Waals surface area contributed by atoms with Gasteiger partial charge in [0.15, 0.2) is 0 Å². The molecule has 0 aliphatic rings. The van der Waals surface area contributed by atoms with Crippen LogP contribution in [0.25, 0.3) is 11.0 Å². The van der Waals surface area contributed by atoms with E-state index in [1.807, 2.05) is 6.92 Å². The highest BCUT2D eigenvalue weighted by Gasteiger charge is 2.08. The Balaban J connectivity index is 2.63. The first-order valence-corrected chi connectivity index (χ1v) is 4.71. The molecule has 1 aromatic heterocycles. The maximum Gasteiger partial charge on any atom is 0.326 e. The van der Waals surface area contributed by atoms with Gasteiger partial charge in [0.05, 0.1) is 11.0 Å². The fourth-order valence-corrected chi connectivity index (χ4v) is 1.61. The van der Waals surface area contributed by atoms with Gasteiger partial charge in [-0.3, -0.25) is 4.57 Å². The number of hydrogen-bond donors (Lipinski definition) is 2. The lowest BCUT2D eigenvalue weighted by molar-refractivity contribution is 0.588. The standard InChI is InChI=1S/C10H12FN3O/c1-6(12)5-14-9-3-2-7(11)4-8(9)13-10(14)15/h2-4,6H,5,12H2,1H3,(H,13,15). The van der Waals surface area contributed by atoms with E-state index >= 15 is 0 Å². The summed E-state index contributed by atoms with van der Waals surface area (Å²) in [7, 11) is 0. The van der Waals surface area contributed by atoms with Gasteiger partial charge in [0.2, 0.25) is 0 Å². The first-order chi connectivity index (χ1) is 7.08. The van der Waals surface area contributed by atoms with Crippen LogP contribution in [0.4, 0.5) is 4.39 Å². The van der Waals surface area contributed by atoms with Gasteiger partial charge in [-0.25, -0.2) is 9.18 Å². The number of hydrogen-bond acceptors (Lipinski definition) is 2. The molecule has 1 aromatic carbocycles. The molecule has 1 atom stereocenters. The van der Waals surface area contributed by atoms with E-state index in [4.69, 9.17) is 5.73 Å². The Bertz CT molecular complexity index is 541. The number of aromatic amines is 1. The Morgan fingerprint density at radius 1 is 1.60 bits per heavy atom. The minimum absolute atomic E-state index is 0.119. The number of benzene rings is 1. The number of fused-ring (bicyclic) bond motifs is 1. The van der Waals surface area contributed by atoms with Gasteiger partial charge in [-0.2, -0.15) is 0 Å². The van der Waals surface area contributed by atoms with Crippen LogP contribution in [0.3, 0.4) is 0 Å². The molecular formula is C10H12FN3O. The van der Waals surface area contributed by atoms with E-state index in [2.05, 4.69) is 4.98 Å². The monoisotopic (exact) mass is 209 g/mol. The van der Waals surface area contributed by atoms with Gasteiger partial charge in [0, 0.05) is 12.6 Å². The molecule has 0 aliphatic carbocycles. The number of H-pyrrole nitrogens is 1. The van der Waals surface area contributed by atoms with Crippen LogP contribution in [0.5, 0.6) is 0 Å². The summed E-state index contributed by atoms with van der Waals surface area (Å²) in [5.74, 6) is -0.364. The van der Waals surface area contributed by atoms with E-state index < -0.39 is 0 Å². The predicted molar refractivity (Wildman–Crippen MR) is 56.2 cm³/mol. The van der Waals surface area contributed by atoms with Crippen molar-refractivity contribution in [1.29, 1.82) is 0 Å². The Morgan fingerprint density at radius 2 is 2.33 bits per heavy atom. The van der Waals surface area contributed by atoms with Crippen LogP contribution in [-0.2, 0) is 6.54 Å². The molecule has 2 aromatic rings. The van der Waals surface area contributed by atoms with Gasteiger partial charge in [0.1, 0.15) is 5.82 Å². The second kappa shape index (κ2) is 3.51. The van der Waals surface area contributed by atoms with Gasteiger partial charge in [-0.05, 0) is 25.1 Å². The minimum Gasteiger partial charge on any atom is -0.326 e. The van der Waals surface area contributed by atoms with E-state index in [1.54, 1.807) is 6.07 Å². The molecule has 0 aliphatic heterocycles. The highest BCUT2D eigenvalue weighted by atomic mass is 19.1. The molecule has 80 valence electrons. The zero-order valence-corrected chi connectivity index (χ0v) is 8.33. The maximum atomic E-state index is 12.9. The number of imidazole rings is 1. The zero-order chi connectivity index (χ0) is 11.0. The molecule has 15 heavy (non-hydrogen) atoms. The van der Waals surface area contributed by atoms with Gasteiger partial charge < -0.3 is 10.7 Å². The van der Waals surface area contributed by atoms with E-state index in [0.717, 1.165) is 0 Å². The van der Waals surface area contributed by atoms with E-state index in [1.165, 1.54) is 16.7 Å². The molecule has 0 amide bonds.